The number of hydrogen-bond donors (Lipinski definition) is 0. The van der Waals surface area contributed by atoms with Crippen molar-refractivity contribution < 1.29 is 21.2 Å². The first-order chi connectivity index (χ1) is 12.5. The second kappa shape index (κ2) is 6.99. The number of halogens is 1. The van der Waals surface area contributed by atoms with Crippen LogP contribution in [-0.2, 0) is 20.0 Å². The van der Waals surface area contributed by atoms with Gasteiger partial charge in [-0.05, 0) is 56.9 Å². The van der Waals surface area contributed by atoms with Gasteiger partial charge in [-0.15, -0.1) is 0 Å². The fraction of sp³-hybridized carbons (Fsp3) is 0.471. The molecule has 0 spiro atoms. The van der Waals surface area contributed by atoms with Crippen molar-refractivity contribution in [2.45, 2.75) is 43.4 Å². The van der Waals surface area contributed by atoms with Crippen LogP contribution < -0.4 is 0 Å². The lowest BCUT2D eigenvalue weighted by atomic mass is 10.0. The lowest BCUT2D eigenvalue weighted by molar-refractivity contribution is 0.281. The minimum absolute atomic E-state index is 0.0232. The lowest BCUT2D eigenvalue weighted by Crippen LogP contribution is -2.39. The van der Waals surface area contributed by atoms with E-state index in [-0.39, 0.29) is 27.1 Å². The molecule has 0 unspecified atom stereocenters. The van der Waals surface area contributed by atoms with E-state index in [9.17, 15) is 21.2 Å². The monoisotopic (exact) mass is 415 g/mol. The molecule has 2 heterocycles. The number of aryl methyl sites for hydroxylation is 1. The van der Waals surface area contributed by atoms with Crippen LogP contribution in [-0.4, -0.2) is 43.4 Å². The average molecular weight is 416 g/mol. The summed E-state index contributed by atoms with van der Waals surface area (Å²) in [6, 6.07) is 4.32. The molecule has 3 rings (SSSR count). The van der Waals surface area contributed by atoms with Crippen molar-refractivity contribution in [2.75, 3.05) is 13.1 Å². The third kappa shape index (κ3) is 3.53. The van der Waals surface area contributed by atoms with Crippen LogP contribution in [0.25, 0.3) is 0 Å². The van der Waals surface area contributed by atoms with E-state index in [2.05, 4.69) is 5.10 Å². The fourth-order valence-electron chi connectivity index (χ4n) is 3.41. The Bertz CT molecular complexity index is 1060. The SMILES string of the molecule is Cc1nn(S(=O)(=O)c2ccc(F)cc2)c(C)c1S(=O)(=O)N1CCC[C@@H](C)C1. The summed E-state index contributed by atoms with van der Waals surface area (Å²) in [7, 11) is -7.99. The molecule has 1 fully saturated rings. The van der Waals surface area contributed by atoms with Crippen molar-refractivity contribution in [3.8, 4) is 0 Å². The highest BCUT2D eigenvalue weighted by Gasteiger charge is 2.35. The molecule has 27 heavy (non-hydrogen) atoms. The van der Waals surface area contributed by atoms with Gasteiger partial charge in [0.25, 0.3) is 10.0 Å². The van der Waals surface area contributed by atoms with E-state index in [1.54, 1.807) is 0 Å². The maximum Gasteiger partial charge on any atom is 0.283 e. The van der Waals surface area contributed by atoms with Crippen LogP contribution in [0.2, 0.25) is 0 Å². The standard InChI is InChI=1S/C17H22FN3O4S2/c1-12-5-4-10-20(11-12)27(24,25)17-13(2)19-21(14(17)3)26(22,23)16-8-6-15(18)7-9-16/h6-9,12H,4-5,10-11H2,1-3H3/t12-/m1/s1. The molecular weight excluding hydrogens is 393 g/mol. The molecular formula is C17H22FN3O4S2. The summed E-state index contributed by atoms with van der Waals surface area (Å²) in [4.78, 5) is -0.243. The smallest absolute Gasteiger partial charge is 0.207 e. The molecule has 1 atom stereocenters. The maximum atomic E-state index is 13.1. The number of sulfonamides is 1. The van der Waals surface area contributed by atoms with Gasteiger partial charge in [0.15, 0.2) is 0 Å². The van der Waals surface area contributed by atoms with E-state index in [4.69, 9.17) is 0 Å². The molecule has 0 bridgehead atoms. The highest BCUT2D eigenvalue weighted by Crippen LogP contribution is 2.29. The van der Waals surface area contributed by atoms with Gasteiger partial charge in [-0.1, -0.05) is 6.92 Å². The molecule has 1 aliphatic rings. The molecule has 0 saturated carbocycles. The van der Waals surface area contributed by atoms with Gasteiger partial charge in [0.2, 0.25) is 10.0 Å². The number of benzene rings is 1. The van der Waals surface area contributed by atoms with Crippen molar-refractivity contribution >= 4 is 20.0 Å². The predicted octanol–water partition coefficient (Wildman–Crippen LogP) is 2.30. The topological polar surface area (TPSA) is 89.3 Å². The van der Waals surface area contributed by atoms with Gasteiger partial charge in [-0.3, -0.25) is 0 Å². The van der Waals surface area contributed by atoms with Crippen LogP contribution in [0.3, 0.4) is 0 Å². The first-order valence-corrected chi connectivity index (χ1v) is 11.5. The zero-order valence-electron chi connectivity index (χ0n) is 15.4. The van der Waals surface area contributed by atoms with E-state index < -0.39 is 25.9 Å². The molecule has 10 heteroatoms. The minimum atomic E-state index is -4.13. The highest BCUT2D eigenvalue weighted by atomic mass is 32.2. The van der Waals surface area contributed by atoms with Crippen LogP contribution >= 0.6 is 0 Å². The average Bonchev–Trinajstić information content (AvgIpc) is 2.91. The Kier molecular flexibility index (Phi) is 5.17. The zero-order chi connectivity index (χ0) is 20.0. The van der Waals surface area contributed by atoms with E-state index in [0.717, 1.165) is 41.2 Å². The summed E-state index contributed by atoms with van der Waals surface area (Å²) in [5, 5.41) is 3.99. The van der Waals surface area contributed by atoms with E-state index in [1.165, 1.54) is 18.2 Å². The predicted molar refractivity (Wildman–Crippen MR) is 97.8 cm³/mol. The quantitative estimate of drug-likeness (QED) is 0.764. The molecule has 0 amide bonds. The van der Waals surface area contributed by atoms with Crippen molar-refractivity contribution in [3.63, 3.8) is 0 Å². The Morgan fingerprint density at radius 1 is 1.07 bits per heavy atom. The molecule has 0 radical (unpaired) electrons. The number of nitrogens with zero attached hydrogens (tertiary/aromatic N) is 3. The molecule has 1 aromatic heterocycles. The molecule has 0 N–H and O–H groups in total. The van der Waals surface area contributed by atoms with Crippen molar-refractivity contribution in [1.29, 1.82) is 0 Å². The lowest BCUT2D eigenvalue weighted by Gasteiger charge is -2.30. The molecule has 1 saturated heterocycles. The molecule has 0 aliphatic carbocycles. The molecule has 148 valence electrons. The highest BCUT2D eigenvalue weighted by molar-refractivity contribution is 7.90. The Morgan fingerprint density at radius 2 is 1.70 bits per heavy atom. The van der Waals surface area contributed by atoms with Crippen LogP contribution in [0.4, 0.5) is 4.39 Å². The third-order valence-corrected chi connectivity index (χ3v) is 8.54. The summed E-state index contributed by atoms with van der Waals surface area (Å²) in [5.41, 5.74) is 0.145. The normalized spacial score (nSPS) is 19.3. The van der Waals surface area contributed by atoms with Crippen LogP contribution in [0.15, 0.2) is 34.1 Å². The van der Waals surface area contributed by atoms with Crippen molar-refractivity contribution in [2.24, 2.45) is 5.92 Å². The Balaban J connectivity index is 2.08. The number of hydrogen-bond acceptors (Lipinski definition) is 5. The van der Waals surface area contributed by atoms with Gasteiger partial charge >= 0.3 is 0 Å². The number of piperidine rings is 1. The molecule has 1 aliphatic heterocycles. The molecule has 2 aromatic rings. The summed E-state index contributed by atoms with van der Waals surface area (Å²) in [6.45, 7) is 5.69. The van der Waals surface area contributed by atoms with Gasteiger partial charge < -0.3 is 0 Å². The second-order valence-electron chi connectivity index (χ2n) is 6.91. The first-order valence-electron chi connectivity index (χ1n) is 8.62. The molecule has 7 nitrogen and oxygen atoms in total. The Hall–Kier alpha value is -1.78. The van der Waals surface area contributed by atoms with Crippen LogP contribution in [0.1, 0.15) is 31.2 Å². The van der Waals surface area contributed by atoms with Crippen LogP contribution in [0.5, 0.6) is 0 Å². The van der Waals surface area contributed by atoms with E-state index in [0.29, 0.717) is 13.1 Å². The second-order valence-corrected chi connectivity index (χ2v) is 10.6. The summed E-state index contributed by atoms with van der Waals surface area (Å²) >= 11 is 0. The van der Waals surface area contributed by atoms with Gasteiger partial charge in [0.05, 0.1) is 16.3 Å². The van der Waals surface area contributed by atoms with Gasteiger partial charge in [0.1, 0.15) is 10.7 Å². The van der Waals surface area contributed by atoms with Crippen molar-refractivity contribution in [3.05, 3.63) is 41.5 Å². The first kappa shape index (κ1) is 20.0. The summed E-state index contributed by atoms with van der Waals surface area (Å²) < 4.78 is 67.2. The number of rotatable bonds is 4. The fourth-order valence-corrected chi connectivity index (χ4v) is 6.78. The summed E-state index contributed by atoms with van der Waals surface area (Å²) in [6.07, 6.45) is 1.72. The number of aromatic nitrogens is 2. The Labute approximate surface area is 158 Å². The van der Waals surface area contributed by atoms with Crippen molar-refractivity contribution in [1.82, 2.24) is 13.5 Å². The van der Waals surface area contributed by atoms with Crippen LogP contribution in [0, 0.1) is 25.6 Å². The zero-order valence-corrected chi connectivity index (χ0v) is 17.0. The van der Waals surface area contributed by atoms with Gasteiger partial charge in [-0.2, -0.15) is 21.9 Å². The summed E-state index contributed by atoms with van der Waals surface area (Å²) in [5.74, 6) is -0.322. The van der Waals surface area contributed by atoms with Gasteiger partial charge in [-0.25, -0.2) is 12.8 Å². The Morgan fingerprint density at radius 3 is 2.30 bits per heavy atom. The minimum Gasteiger partial charge on any atom is -0.207 e. The largest absolute Gasteiger partial charge is 0.283 e. The maximum absolute atomic E-state index is 13.1. The van der Waals surface area contributed by atoms with E-state index >= 15 is 0 Å². The van der Waals surface area contributed by atoms with Gasteiger partial charge in [0, 0.05) is 13.1 Å². The molecule has 1 aromatic carbocycles. The van der Waals surface area contributed by atoms with E-state index in [1.807, 2.05) is 6.92 Å². The third-order valence-electron chi connectivity index (χ3n) is 4.74.